The summed E-state index contributed by atoms with van der Waals surface area (Å²) in [6, 6.07) is 16.4. The molecule has 1 heterocycles. The number of para-hydroxylation sites is 2. The van der Waals surface area contributed by atoms with Gasteiger partial charge in [-0.2, -0.15) is 9.78 Å². The normalized spacial score (nSPS) is 10.4. The molecule has 0 saturated heterocycles. The zero-order valence-electron chi connectivity index (χ0n) is 9.48. The molecule has 88 valence electrons. The summed E-state index contributed by atoms with van der Waals surface area (Å²) >= 11 is 0. The molecule has 1 aromatic heterocycles. The molecule has 0 aliphatic rings. The molecule has 0 aliphatic carbocycles. The summed E-state index contributed by atoms with van der Waals surface area (Å²) in [5, 5.41) is 4.94. The number of hydrogen-bond acceptors (Lipinski definition) is 3. The van der Waals surface area contributed by atoms with Crippen LogP contribution in [0.1, 0.15) is 0 Å². The molecule has 0 saturated carbocycles. The van der Waals surface area contributed by atoms with Gasteiger partial charge in [0.15, 0.2) is 0 Å². The highest BCUT2D eigenvalue weighted by Crippen LogP contribution is 2.14. The van der Waals surface area contributed by atoms with E-state index in [1.165, 1.54) is 4.68 Å². The van der Waals surface area contributed by atoms with Gasteiger partial charge in [-0.1, -0.05) is 36.4 Å². The van der Waals surface area contributed by atoms with Crippen LogP contribution in [0.4, 0.5) is 4.79 Å². The van der Waals surface area contributed by atoms with Gasteiger partial charge >= 0.3 is 6.09 Å². The van der Waals surface area contributed by atoms with Gasteiger partial charge in [-0.15, -0.1) is 0 Å². The van der Waals surface area contributed by atoms with Crippen LogP contribution in [0.25, 0.3) is 10.9 Å². The monoisotopic (exact) mass is 238 g/mol. The quantitative estimate of drug-likeness (QED) is 0.654. The van der Waals surface area contributed by atoms with E-state index in [1.807, 2.05) is 42.5 Å². The van der Waals surface area contributed by atoms with Crippen LogP contribution >= 0.6 is 0 Å². The van der Waals surface area contributed by atoms with Crippen LogP contribution in [0.3, 0.4) is 0 Å². The first-order valence-electron chi connectivity index (χ1n) is 5.54. The number of benzene rings is 2. The van der Waals surface area contributed by atoms with E-state index in [9.17, 15) is 4.79 Å². The summed E-state index contributed by atoms with van der Waals surface area (Å²) < 4.78 is 6.48. The summed E-state index contributed by atoms with van der Waals surface area (Å²) in [7, 11) is 0. The van der Waals surface area contributed by atoms with Crippen LogP contribution in [-0.2, 0) is 0 Å². The minimum Gasteiger partial charge on any atom is -0.409 e. The molecule has 0 unspecified atom stereocenters. The minimum atomic E-state index is -0.512. The predicted molar refractivity (Wildman–Crippen MR) is 67.6 cm³/mol. The molecular weight excluding hydrogens is 228 g/mol. The highest BCUT2D eigenvalue weighted by atomic mass is 16.6. The Balaban J connectivity index is 1.93. The van der Waals surface area contributed by atoms with Gasteiger partial charge in [0.2, 0.25) is 0 Å². The smallest absolute Gasteiger partial charge is 0.409 e. The van der Waals surface area contributed by atoms with Crippen molar-refractivity contribution in [2.75, 3.05) is 0 Å². The number of aromatic nitrogens is 2. The number of fused-ring (bicyclic) bond motifs is 1. The number of hydrogen-bond donors (Lipinski definition) is 0. The standard InChI is InChI=1S/C14H10N2O2/c17-14(18-12-7-2-1-3-8-12)16-13-9-5-4-6-11(13)10-15-16/h1-10H. The highest BCUT2D eigenvalue weighted by molar-refractivity contribution is 5.88. The van der Waals surface area contributed by atoms with Crippen molar-refractivity contribution in [2.45, 2.75) is 0 Å². The van der Waals surface area contributed by atoms with Crippen molar-refractivity contribution in [3.05, 3.63) is 60.8 Å². The summed E-state index contributed by atoms with van der Waals surface area (Å²) in [5.74, 6) is 0.502. The summed E-state index contributed by atoms with van der Waals surface area (Å²) in [6.45, 7) is 0. The average Bonchev–Trinajstić information content (AvgIpc) is 2.84. The molecule has 0 atom stereocenters. The lowest BCUT2D eigenvalue weighted by molar-refractivity contribution is 0.200. The van der Waals surface area contributed by atoms with Crippen molar-refractivity contribution in [1.82, 2.24) is 9.78 Å². The molecule has 0 N–H and O–H groups in total. The molecule has 3 rings (SSSR count). The Morgan fingerprint density at radius 1 is 1.00 bits per heavy atom. The van der Waals surface area contributed by atoms with Crippen molar-refractivity contribution in [2.24, 2.45) is 0 Å². The molecule has 0 bridgehead atoms. The van der Waals surface area contributed by atoms with Gasteiger partial charge in [-0.25, -0.2) is 4.79 Å². The van der Waals surface area contributed by atoms with Gasteiger partial charge in [-0.05, 0) is 18.2 Å². The third-order valence-electron chi connectivity index (χ3n) is 2.60. The van der Waals surface area contributed by atoms with E-state index in [4.69, 9.17) is 4.74 Å². The largest absolute Gasteiger partial charge is 0.440 e. The minimum absolute atomic E-state index is 0.502. The van der Waals surface area contributed by atoms with Crippen molar-refractivity contribution in [1.29, 1.82) is 0 Å². The number of carbonyl (C=O) groups excluding carboxylic acids is 1. The van der Waals surface area contributed by atoms with E-state index < -0.39 is 6.09 Å². The Labute approximate surface area is 103 Å². The number of carbonyl (C=O) groups is 1. The third kappa shape index (κ3) is 1.84. The van der Waals surface area contributed by atoms with E-state index in [0.717, 1.165) is 10.9 Å². The molecule has 0 aliphatic heterocycles. The first-order valence-corrected chi connectivity index (χ1v) is 5.54. The van der Waals surface area contributed by atoms with Gasteiger partial charge in [0, 0.05) is 5.39 Å². The Morgan fingerprint density at radius 3 is 2.56 bits per heavy atom. The molecule has 0 amide bonds. The van der Waals surface area contributed by atoms with Crippen LogP contribution in [0, 0.1) is 0 Å². The predicted octanol–water partition coefficient (Wildman–Crippen LogP) is 3.08. The maximum absolute atomic E-state index is 12.0. The van der Waals surface area contributed by atoms with Crippen LogP contribution in [0.5, 0.6) is 5.75 Å². The Morgan fingerprint density at radius 2 is 1.72 bits per heavy atom. The topological polar surface area (TPSA) is 44.1 Å². The number of rotatable bonds is 1. The fourth-order valence-corrected chi connectivity index (χ4v) is 1.75. The van der Waals surface area contributed by atoms with Gasteiger partial charge in [0.25, 0.3) is 0 Å². The van der Waals surface area contributed by atoms with Crippen molar-refractivity contribution in [3.63, 3.8) is 0 Å². The lowest BCUT2D eigenvalue weighted by atomic mass is 10.3. The Bertz CT molecular complexity index is 689. The summed E-state index contributed by atoms with van der Waals surface area (Å²) in [4.78, 5) is 12.0. The summed E-state index contributed by atoms with van der Waals surface area (Å²) in [6.07, 6.45) is 1.13. The first kappa shape index (κ1) is 10.5. The molecule has 0 spiro atoms. The van der Waals surface area contributed by atoms with Crippen LogP contribution in [0.15, 0.2) is 60.8 Å². The zero-order valence-corrected chi connectivity index (χ0v) is 9.48. The molecule has 4 heteroatoms. The van der Waals surface area contributed by atoms with Gasteiger partial charge in [0.05, 0.1) is 11.7 Å². The zero-order chi connectivity index (χ0) is 12.4. The maximum Gasteiger partial charge on any atom is 0.440 e. The Kier molecular flexibility index (Phi) is 2.53. The number of nitrogens with zero attached hydrogens (tertiary/aromatic N) is 2. The number of ether oxygens (including phenoxy) is 1. The van der Waals surface area contributed by atoms with E-state index in [-0.39, 0.29) is 0 Å². The molecule has 0 fully saturated rings. The van der Waals surface area contributed by atoms with E-state index in [2.05, 4.69) is 5.10 Å². The SMILES string of the molecule is O=C(Oc1ccccc1)n1ncc2ccccc21. The van der Waals surface area contributed by atoms with Crippen molar-refractivity contribution >= 4 is 17.0 Å². The van der Waals surface area contributed by atoms with Crippen molar-refractivity contribution in [3.8, 4) is 5.75 Å². The van der Waals surface area contributed by atoms with Gasteiger partial charge in [-0.3, -0.25) is 0 Å². The lowest BCUT2D eigenvalue weighted by Gasteiger charge is -2.04. The van der Waals surface area contributed by atoms with Gasteiger partial charge in [0.1, 0.15) is 5.75 Å². The molecule has 3 aromatic rings. The van der Waals surface area contributed by atoms with Crippen LogP contribution in [0.2, 0.25) is 0 Å². The summed E-state index contributed by atoms with van der Waals surface area (Å²) in [5.41, 5.74) is 0.735. The average molecular weight is 238 g/mol. The van der Waals surface area contributed by atoms with E-state index in [1.54, 1.807) is 18.3 Å². The highest BCUT2D eigenvalue weighted by Gasteiger charge is 2.11. The van der Waals surface area contributed by atoms with E-state index >= 15 is 0 Å². The first-order chi connectivity index (χ1) is 8.84. The molecule has 2 aromatic carbocycles. The fraction of sp³-hybridized carbons (Fsp3) is 0. The van der Waals surface area contributed by atoms with Crippen molar-refractivity contribution < 1.29 is 9.53 Å². The second-order valence-corrected chi connectivity index (χ2v) is 3.80. The third-order valence-corrected chi connectivity index (χ3v) is 2.60. The Hall–Kier alpha value is -2.62. The maximum atomic E-state index is 12.0. The fourth-order valence-electron chi connectivity index (χ4n) is 1.75. The molecule has 18 heavy (non-hydrogen) atoms. The van der Waals surface area contributed by atoms with E-state index in [0.29, 0.717) is 5.75 Å². The molecule has 0 radical (unpaired) electrons. The van der Waals surface area contributed by atoms with Crippen LogP contribution < -0.4 is 4.74 Å². The second kappa shape index (κ2) is 4.33. The van der Waals surface area contributed by atoms with Crippen LogP contribution in [-0.4, -0.2) is 15.9 Å². The molecule has 4 nitrogen and oxygen atoms in total. The lowest BCUT2D eigenvalue weighted by Crippen LogP contribution is -2.17. The second-order valence-electron chi connectivity index (χ2n) is 3.80. The molecular formula is C14H10N2O2. The van der Waals surface area contributed by atoms with Gasteiger partial charge < -0.3 is 4.74 Å².